The molecule has 2 fully saturated rings. The standard InChI is InChI=1S/C13H24O2/c14-12(13(15)11-7-8-11)9-6-10-4-2-1-3-5-10/h10-15H,1-9H2/t12-,13+/m1/s1. The average Bonchev–Trinajstić information content (AvgIpc) is 3.10. The molecule has 0 aliphatic heterocycles. The van der Waals surface area contributed by atoms with Crippen molar-refractivity contribution in [1.29, 1.82) is 0 Å². The second-order valence-electron chi connectivity index (χ2n) is 5.48. The van der Waals surface area contributed by atoms with Crippen molar-refractivity contribution >= 4 is 0 Å². The molecule has 0 heterocycles. The number of rotatable bonds is 5. The van der Waals surface area contributed by atoms with Gasteiger partial charge in [-0.1, -0.05) is 32.1 Å². The van der Waals surface area contributed by atoms with Gasteiger partial charge in [0.05, 0.1) is 12.2 Å². The summed E-state index contributed by atoms with van der Waals surface area (Å²) in [5.41, 5.74) is 0. The van der Waals surface area contributed by atoms with E-state index in [1.807, 2.05) is 0 Å². The summed E-state index contributed by atoms with van der Waals surface area (Å²) >= 11 is 0. The summed E-state index contributed by atoms with van der Waals surface area (Å²) in [5.74, 6) is 1.23. The zero-order valence-electron chi connectivity index (χ0n) is 9.57. The second-order valence-corrected chi connectivity index (χ2v) is 5.48. The van der Waals surface area contributed by atoms with Crippen molar-refractivity contribution in [3.63, 3.8) is 0 Å². The molecule has 88 valence electrons. The van der Waals surface area contributed by atoms with E-state index < -0.39 is 12.2 Å². The maximum atomic E-state index is 9.81. The third-order valence-electron chi connectivity index (χ3n) is 4.09. The van der Waals surface area contributed by atoms with Crippen LogP contribution >= 0.6 is 0 Å². The average molecular weight is 212 g/mol. The molecule has 2 nitrogen and oxygen atoms in total. The highest BCUT2D eigenvalue weighted by atomic mass is 16.3. The van der Waals surface area contributed by atoms with Crippen LogP contribution in [0.3, 0.4) is 0 Å². The number of hydrogen-bond donors (Lipinski definition) is 2. The van der Waals surface area contributed by atoms with Crippen LogP contribution in [0.1, 0.15) is 57.8 Å². The molecule has 2 rings (SSSR count). The van der Waals surface area contributed by atoms with E-state index in [0.29, 0.717) is 5.92 Å². The van der Waals surface area contributed by atoms with Crippen molar-refractivity contribution in [3.8, 4) is 0 Å². The van der Waals surface area contributed by atoms with Crippen molar-refractivity contribution in [2.75, 3.05) is 0 Å². The van der Waals surface area contributed by atoms with Gasteiger partial charge in [0.25, 0.3) is 0 Å². The van der Waals surface area contributed by atoms with Crippen LogP contribution < -0.4 is 0 Å². The molecular weight excluding hydrogens is 188 g/mol. The van der Waals surface area contributed by atoms with Crippen molar-refractivity contribution in [3.05, 3.63) is 0 Å². The van der Waals surface area contributed by atoms with E-state index in [0.717, 1.165) is 31.6 Å². The van der Waals surface area contributed by atoms with Gasteiger partial charge in [0.2, 0.25) is 0 Å². The van der Waals surface area contributed by atoms with Crippen molar-refractivity contribution in [1.82, 2.24) is 0 Å². The molecule has 0 amide bonds. The van der Waals surface area contributed by atoms with Gasteiger partial charge in [-0.05, 0) is 37.5 Å². The van der Waals surface area contributed by atoms with Gasteiger partial charge in [-0.2, -0.15) is 0 Å². The van der Waals surface area contributed by atoms with Crippen LogP contribution in [0.2, 0.25) is 0 Å². The SMILES string of the molecule is O[C@H](CCC1CCCCC1)[C@@H](O)C1CC1. The van der Waals surface area contributed by atoms with Gasteiger partial charge in [0.15, 0.2) is 0 Å². The first-order chi connectivity index (χ1) is 7.27. The lowest BCUT2D eigenvalue weighted by atomic mass is 9.85. The van der Waals surface area contributed by atoms with Gasteiger partial charge in [-0.25, -0.2) is 0 Å². The minimum Gasteiger partial charge on any atom is -0.390 e. The quantitative estimate of drug-likeness (QED) is 0.735. The summed E-state index contributed by atoms with van der Waals surface area (Å²) < 4.78 is 0. The maximum absolute atomic E-state index is 9.81. The lowest BCUT2D eigenvalue weighted by Crippen LogP contribution is -2.28. The molecule has 2 atom stereocenters. The zero-order valence-corrected chi connectivity index (χ0v) is 9.57. The fourth-order valence-electron chi connectivity index (χ4n) is 2.80. The number of aliphatic hydroxyl groups excluding tert-OH is 2. The van der Waals surface area contributed by atoms with Crippen LogP contribution in [-0.2, 0) is 0 Å². The highest BCUT2D eigenvalue weighted by molar-refractivity contribution is 4.85. The van der Waals surface area contributed by atoms with Gasteiger partial charge < -0.3 is 10.2 Å². The molecule has 2 N–H and O–H groups in total. The van der Waals surface area contributed by atoms with E-state index in [2.05, 4.69) is 0 Å². The topological polar surface area (TPSA) is 40.5 Å². The highest BCUT2D eigenvalue weighted by Crippen LogP contribution is 2.35. The summed E-state index contributed by atoms with van der Waals surface area (Å²) in [7, 11) is 0. The van der Waals surface area contributed by atoms with E-state index in [4.69, 9.17) is 0 Å². The molecule has 2 saturated carbocycles. The zero-order chi connectivity index (χ0) is 10.7. The molecule has 2 heteroatoms. The summed E-state index contributed by atoms with van der Waals surface area (Å²) in [5, 5.41) is 19.5. The first-order valence-electron chi connectivity index (χ1n) is 6.63. The molecule has 2 aliphatic carbocycles. The van der Waals surface area contributed by atoms with Crippen molar-refractivity contribution in [2.24, 2.45) is 11.8 Å². The Hall–Kier alpha value is -0.0800. The Morgan fingerprint density at radius 3 is 2.20 bits per heavy atom. The molecule has 0 bridgehead atoms. The first kappa shape index (κ1) is 11.4. The fraction of sp³-hybridized carbons (Fsp3) is 1.00. The molecule has 0 radical (unpaired) electrons. The molecule has 0 aromatic heterocycles. The number of hydrogen-bond acceptors (Lipinski definition) is 2. The van der Waals surface area contributed by atoms with Crippen LogP contribution in [0, 0.1) is 11.8 Å². The minimum absolute atomic E-state index is 0.409. The Morgan fingerprint density at radius 2 is 1.60 bits per heavy atom. The monoisotopic (exact) mass is 212 g/mol. The van der Waals surface area contributed by atoms with Crippen LogP contribution in [0.25, 0.3) is 0 Å². The molecule has 0 spiro atoms. The lowest BCUT2D eigenvalue weighted by Gasteiger charge is -2.24. The van der Waals surface area contributed by atoms with E-state index in [1.54, 1.807) is 0 Å². The summed E-state index contributed by atoms with van der Waals surface area (Å²) in [6, 6.07) is 0. The van der Waals surface area contributed by atoms with Gasteiger partial charge in [-0.3, -0.25) is 0 Å². The third kappa shape index (κ3) is 3.46. The van der Waals surface area contributed by atoms with Crippen molar-refractivity contribution in [2.45, 2.75) is 70.0 Å². The smallest absolute Gasteiger partial charge is 0.0827 e. The van der Waals surface area contributed by atoms with Crippen LogP contribution in [-0.4, -0.2) is 22.4 Å². The molecule has 2 aliphatic rings. The molecule has 0 saturated heterocycles. The Morgan fingerprint density at radius 1 is 0.933 bits per heavy atom. The molecule has 0 unspecified atom stereocenters. The predicted molar refractivity (Wildman–Crippen MR) is 60.5 cm³/mol. The summed E-state index contributed by atoms with van der Waals surface area (Å²) in [6.45, 7) is 0. The Bertz CT molecular complexity index is 183. The molecular formula is C13H24O2. The third-order valence-corrected chi connectivity index (χ3v) is 4.09. The molecule has 0 aromatic carbocycles. The summed E-state index contributed by atoms with van der Waals surface area (Å²) in [6.07, 6.45) is 10.1. The largest absolute Gasteiger partial charge is 0.390 e. The van der Waals surface area contributed by atoms with Gasteiger partial charge >= 0.3 is 0 Å². The van der Waals surface area contributed by atoms with Gasteiger partial charge in [0.1, 0.15) is 0 Å². The van der Waals surface area contributed by atoms with E-state index >= 15 is 0 Å². The van der Waals surface area contributed by atoms with E-state index in [9.17, 15) is 10.2 Å². The maximum Gasteiger partial charge on any atom is 0.0827 e. The Kier molecular flexibility index (Phi) is 4.04. The van der Waals surface area contributed by atoms with E-state index in [-0.39, 0.29) is 0 Å². The van der Waals surface area contributed by atoms with Crippen LogP contribution in [0.5, 0.6) is 0 Å². The predicted octanol–water partition coefficient (Wildman–Crippen LogP) is 2.48. The molecule has 0 aromatic rings. The first-order valence-corrected chi connectivity index (χ1v) is 6.63. The van der Waals surface area contributed by atoms with Gasteiger partial charge in [-0.15, -0.1) is 0 Å². The van der Waals surface area contributed by atoms with Crippen LogP contribution in [0.15, 0.2) is 0 Å². The second kappa shape index (κ2) is 5.31. The van der Waals surface area contributed by atoms with E-state index in [1.165, 1.54) is 32.1 Å². The number of aliphatic hydroxyl groups is 2. The van der Waals surface area contributed by atoms with Crippen molar-refractivity contribution < 1.29 is 10.2 Å². The summed E-state index contributed by atoms with van der Waals surface area (Å²) in [4.78, 5) is 0. The normalized spacial score (nSPS) is 27.6. The highest BCUT2D eigenvalue weighted by Gasteiger charge is 2.34. The van der Waals surface area contributed by atoms with Crippen LogP contribution in [0.4, 0.5) is 0 Å². The fourth-order valence-corrected chi connectivity index (χ4v) is 2.80. The Balaban J connectivity index is 1.62. The lowest BCUT2D eigenvalue weighted by molar-refractivity contribution is -0.00241. The van der Waals surface area contributed by atoms with Gasteiger partial charge in [0, 0.05) is 0 Å². The molecule has 15 heavy (non-hydrogen) atoms. The minimum atomic E-state index is -0.459. The Labute approximate surface area is 92.7 Å².